The molecule has 0 spiro atoms. The molecule has 0 N–H and O–H groups in total. The molecule has 0 unspecified atom stereocenters. The first kappa shape index (κ1) is 14.6. The van der Waals surface area contributed by atoms with E-state index >= 15 is 0 Å². The van der Waals surface area contributed by atoms with Crippen molar-refractivity contribution in [2.75, 3.05) is 12.2 Å². The van der Waals surface area contributed by atoms with Crippen molar-refractivity contribution in [3.63, 3.8) is 0 Å². The van der Waals surface area contributed by atoms with Crippen molar-refractivity contribution in [3.8, 4) is 0 Å². The highest BCUT2D eigenvalue weighted by molar-refractivity contribution is 5.76. The van der Waals surface area contributed by atoms with Gasteiger partial charge in [0.25, 0.3) is 0 Å². The number of nitrogens with zero attached hydrogens (tertiary/aromatic N) is 1. The van der Waals surface area contributed by atoms with Crippen LogP contribution in [0.1, 0.15) is 18.5 Å². The second kappa shape index (κ2) is 6.20. The lowest BCUT2D eigenvalue weighted by Gasteiger charge is -2.26. The topological polar surface area (TPSA) is 38.8 Å². The van der Waals surface area contributed by atoms with Gasteiger partial charge >= 0.3 is 5.97 Å². The first-order chi connectivity index (χ1) is 10.7. The fraction of sp³-hybridized carbons (Fsp3) is 0.278. The first-order valence-corrected chi connectivity index (χ1v) is 7.36. The SMILES string of the molecule is COC(=O)[C@H]1[C@H](C)ON(c2ccccc2)[C@@H]1c1ccccc1. The molecule has 0 radical (unpaired) electrons. The molecule has 0 aliphatic carbocycles. The van der Waals surface area contributed by atoms with Crippen molar-refractivity contribution < 1.29 is 14.4 Å². The van der Waals surface area contributed by atoms with Crippen LogP contribution in [0, 0.1) is 5.92 Å². The maximum Gasteiger partial charge on any atom is 0.313 e. The number of carbonyl (C=O) groups is 1. The second-order valence-electron chi connectivity index (χ2n) is 5.38. The van der Waals surface area contributed by atoms with E-state index in [1.807, 2.05) is 72.7 Å². The Labute approximate surface area is 130 Å². The number of ether oxygens (including phenoxy) is 1. The molecule has 3 atom stereocenters. The van der Waals surface area contributed by atoms with E-state index in [9.17, 15) is 4.79 Å². The highest BCUT2D eigenvalue weighted by Crippen LogP contribution is 2.42. The van der Waals surface area contributed by atoms with Crippen LogP contribution in [0.2, 0.25) is 0 Å². The van der Waals surface area contributed by atoms with Crippen molar-refractivity contribution in [2.45, 2.75) is 19.1 Å². The number of anilines is 1. The molecular weight excluding hydrogens is 278 g/mol. The number of methoxy groups -OCH3 is 1. The van der Waals surface area contributed by atoms with Gasteiger partial charge in [-0.1, -0.05) is 48.5 Å². The standard InChI is InChI=1S/C18H19NO3/c1-13-16(18(20)21-2)17(14-9-5-3-6-10-14)19(22-13)15-11-7-4-8-12-15/h3-13,16-17H,1-2H3/t13-,16-,17+/m0/s1. The molecule has 2 aromatic rings. The number of hydrogen-bond donors (Lipinski definition) is 0. The molecule has 1 aliphatic rings. The van der Waals surface area contributed by atoms with Crippen LogP contribution in [0.25, 0.3) is 0 Å². The predicted molar refractivity (Wildman–Crippen MR) is 84.2 cm³/mol. The van der Waals surface area contributed by atoms with Crippen LogP contribution in [-0.4, -0.2) is 19.2 Å². The summed E-state index contributed by atoms with van der Waals surface area (Å²) in [4.78, 5) is 18.2. The second-order valence-corrected chi connectivity index (χ2v) is 5.38. The van der Waals surface area contributed by atoms with Gasteiger partial charge in [-0.2, -0.15) is 0 Å². The third-order valence-corrected chi connectivity index (χ3v) is 4.00. The van der Waals surface area contributed by atoms with Gasteiger partial charge in [-0.3, -0.25) is 9.63 Å². The quantitative estimate of drug-likeness (QED) is 0.814. The average Bonchev–Trinajstić information content (AvgIpc) is 2.93. The number of esters is 1. The summed E-state index contributed by atoms with van der Waals surface area (Å²) in [5, 5.41) is 1.82. The van der Waals surface area contributed by atoms with Crippen LogP contribution in [0.15, 0.2) is 60.7 Å². The Morgan fingerprint density at radius 1 is 1.05 bits per heavy atom. The number of carbonyl (C=O) groups excluding carboxylic acids is 1. The molecule has 4 nitrogen and oxygen atoms in total. The summed E-state index contributed by atoms with van der Waals surface area (Å²) < 4.78 is 4.99. The smallest absolute Gasteiger partial charge is 0.313 e. The van der Waals surface area contributed by atoms with E-state index in [4.69, 9.17) is 9.57 Å². The maximum absolute atomic E-state index is 12.3. The molecule has 0 saturated carbocycles. The fourth-order valence-corrected chi connectivity index (χ4v) is 2.96. The van der Waals surface area contributed by atoms with E-state index < -0.39 is 0 Å². The molecule has 3 rings (SSSR count). The number of hydroxylamine groups is 1. The van der Waals surface area contributed by atoms with E-state index in [0.717, 1.165) is 11.3 Å². The summed E-state index contributed by atoms with van der Waals surface area (Å²) in [5.74, 6) is -0.618. The zero-order chi connectivity index (χ0) is 15.5. The van der Waals surface area contributed by atoms with Gasteiger partial charge in [0.2, 0.25) is 0 Å². The van der Waals surface area contributed by atoms with Gasteiger partial charge in [0, 0.05) is 0 Å². The van der Waals surface area contributed by atoms with Gasteiger partial charge in [-0.25, -0.2) is 5.06 Å². The Bertz CT molecular complexity index is 629. The molecule has 1 heterocycles. The van der Waals surface area contributed by atoms with Gasteiger partial charge in [0.15, 0.2) is 0 Å². The Morgan fingerprint density at radius 2 is 1.64 bits per heavy atom. The molecule has 2 aromatic carbocycles. The average molecular weight is 297 g/mol. The van der Waals surface area contributed by atoms with E-state index in [2.05, 4.69) is 0 Å². The summed E-state index contributed by atoms with van der Waals surface area (Å²) in [5.41, 5.74) is 1.96. The molecule has 0 aromatic heterocycles. The van der Waals surface area contributed by atoms with Crippen LogP contribution in [0.5, 0.6) is 0 Å². The Hall–Kier alpha value is -2.33. The number of hydrogen-bond acceptors (Lipinski definition) is 4. The Morgan fingerprint density at radius 3 is 2.23 bits per heavy atom. The summed E-state index contributed by atoms with van der Waals surface area (Å²) in [6, 6.07) is 19.5. The van der Waals surface area contributed by atoms with Crippen LogP contribution < -0.4 is 5.06 Å². The van der Waals surface area contributed by atoms with Crippen LogP contribution in [-0.2, 0) is 14.4 Å². The lowest BCUT2D eigenvalue weighted by molar-refractivity contribution is -0.147. The van der Waals surface area contributed by atoms with Crippen molar-refractivity contribution in [1.29, 1.82) is 0 Å². The van der Waals surface area contributed by atoms with Crippen molar-refractivity contribution in [1.82, 2.24) is 0 Å². The van der Waals surface area contributed by atoms with Crippen LogP contribution in [0.3, 0.4) is 0 Å². The highest BCUT2D eigenvalue weighted by Gasteiger charge is 2.47. The molecule has 0 bridgehead atoms. The number of benzene rings is 2. The summed E-state index contributed by atoms with van der Waals surface area (Å²) >= 11 is 0. The van der Waals surface area contributed by atoms with Crippen molar-refractivity contribution >= 4 is 11.7 Å². The zero-order valence-electron chi connectivity index (χ0n) is 12.7. The predicted octanol–water partition coefficient (Wildman–Crippen LogP) is 3.36. The summed E-state index contributed by atoms with van der Waals surface area (Å²) in [6.45, 7) is 1.90. The molecule has 0 amide bonds. The molecule has 22 heavy (non-hydrogen) atoms. The third kappa shape index (κ3) is 2.57. The fourth-order valence-electron chi connectivity index (χ4n) is 2.96. The van der Waals surface area contributed by atoms with Gasteiger partial charge < -0.3 is 4.74 Å². The third-order valence-electron chi connectivity index (χ3n) is 4.00. The maximum atomic E-state index is 12.3. The van der Waals surface area contributed by atoms with Gasteiger partial charge in [0.05, 0.1) is 24.9 Å². The largest absolute Gasteiger partial charge is 0.469 e. The number of rotatable bonds is 3. The highest BCUT2D eigenvalue weighted by atomic mass is 16.7. The molecule has 1 fully saturated rings. The van der Waals surface area contributed by atoms with Crippen LogP contribution in [0.4, 0.5) is 5.69 Å². The molecule has 1 saturated heterocycles. The van der Waals surface area contributed by atoms with E-state index in [1.54, 1.807) is 0 Å². The van der Waals surface area contributed by atoms with E-state index in [1.165, 1.54) is 7.11 Å². The Kier molecular flexibility index (Phi) is 4.11. The molecule has 4 heteroatoms. The molecular formula is C18H19NO3. The summed E-state index contributed by atoms with van der Waals surface area (Å²) in [7, 11) is 1.42. The van der Waals surface area contributed by atoms with Crippen molar-refractivity contribution in [2.24, 2.45) is 5.92 Å². The van der Waals surface area contributed by atoms with Gasteiger partial charge in [-0.05, 0) is 24.6 Å². The summed E-state index contributed by atoms with van der Waals surface area (Å²) in [6.07, 6.45) is -0.252. The normalized spacial score (nSPS) is 24.3. The lowest BCUT2D eigenvalue weighted by Crippen LogP contribution is -2.30. The molecule has 114 valence electrons. The van der Waals surface area contributed by atoms with Crippen molar-refractivity contribution in [3.05, 3.63) is 66.2 Å². The van der Waals surface area contributed by atoms with E-state index in [-0.39, 0.29) is 24.0 Å². The molecule has 1 aliphatic heterocycles. The van der Waals surface area contributed by atoms with Gasteiger partial charge in [0.1, 0.15) is 5.92 Å². The Balaban J connectivity index is 2.04. The monoisotopic (exact) mass is 297 g/mol. The number of para-hydroxylation sites is 1. The van der Waals surface area contributed by atoms with E-state index in [0.29, 0.717) is 0 Å². The lowest BCUT2D eigenvalue weighted by atomic mass is 9.90. The van der Waals surface area contributed by atoms with Crippen LogP contribution >= 0.6 is 0 Å². The minimum Gasteiger partial charge on any atom is -0.469 e. The minimum atomic E-state index is -0.368. The zero-order valence-corrected chi connectivity index (χ0v) is 12.7. The first-order valence-electron chi connectivity index (χ1n) is 7.36. The van der Waals surface area contributed by atoms with Gasteiger partial charge in [-0.15, -0.1) is 0 Å². The minimum absolute atomic E-state index is 0.203.